The van der Waals surface area contributed by atoms with Gasteiger partial charge in [0.05, 0.1) is 5.56 Å². The Morgan fingerprint density at radius 1 is 1.14 bits per heavy atom. The Morgan fingerprint density at radius 3 is 2.36 bits per heavy atom. The van der Waals surface area contributed by atoms with Crippen LogP contribution in [-0.4, -0.2) is 29.0 Å². The van der Waals surface area contributed by atoms with Gasteiger partial charge < -0.3 is 5.11 Å². The first-order valence-electron chi connectivity index (χ1n) is 7.24. The molecule has 4 heteroatoms. The van der Waals surface area contributed by atoms with E-state index >= 15 is 0 Å². The molecule has 0 bridgehead atoms. The van der Waals surface area contributed by atoms with Crippen LogP contribution in [0.2, 0.25) is 0 Å². The maximum absolute atomic E-state index is 11.2. The number of carbonyl (C=O) groups is 1. The van der Waals surface area contributed by atoms with E-state index in [1.165, 1.54) is 5.56 Å². The summed E-state index contributed by atoms with van der Waals surface area (Å²) >= 11 is 0. The zero-order valence-electron chi connectivity index (χ0n) is 13.1. The number of anilines is 1. The van der Waals surface area contributed by atoms with Gasteiger partial charge in [0.1, 0.15) is 5.69 Å². The van der Waals surface area contributed by atoms with Crippen LogP contribution in [0.3, 0.4) is 0 Å². The molecule has 0 aliphatic rings. The minimum absolute atomic E-state index is 0.248. The minimum Gasteiger partial charge on any atom is -0.478 e. The molecule has 2 N–H and O–H groups in total. The number of hydrogen-bond acceptors (Lipinski definition) is 2. The van der Waals surface area contributed by atoms with E-state index in [0.29, 0.717) is 11.6 Å². The van der Waals surface area contributed by atoms with Gasteiger partial charge in [-0.1, -0.05) is 38.1 Å². The summed E-state index contributed by atoms with van der Waals surface area (Å²) in [5.74, 6) is -0.440. The van der Waals surface area contributed by atoms with Crippen molar-refractivity contribution in [2.45, 2.75) is 19.8 Å². The molecule has 0 amide bonds. The van der Waals surface area contributed by atoms with E-state index in [1.54, 1.807) is 28.9 Å². The van der Waals surface area contributed by atoms with Crippen LogP contribution in [-0.2, 0) is 0 Å². The molecule has 0 radical (unpaired) electrons. The molecule has 0 fully saturated rings. The number of aromatic carboxylic acids is 1. The summed E-state index contributed by atoms with van der Waals surface area (Å²) in [5.41, 5.74) is 6.23. The van der Waals surface area contributed by atoms with E-state index in [9.17, 15) is 9.90 Å². The molecule has 114 valence electrons. The predicted molar refractivity (Wildman–Crippen MR) is 88.9 cm³/mol. The largest absolute Gasteiger partial charge is 0.478 e. The lowest BCUT2D eigenvalue weighted by Crippen LogP contribution is -2.18. The van der Waals surface area contributed by atoms with Crippen molar-refractivity contribution in [1.82, 2.24) is 0 Å². The zero-order valence-corrected chi connectivity index (χ0v) is 13.1. The SMILES string of the molecule is CC(C)c1ccc(/C=[N+](/C)Nc2ccccc2C(=O)O)cc1. The van der Waals surface area contributed by atoms with Gasteiger partial charge in [-0.2, -0.15) is 5.43 Å². The van der Waals surface area contributed by atoms with Crippen molar-refractivity contribution in [2.75, 3.05) is 12.5 Å². The molecule has 0 aromatic heterocycles. The highest BCUT2D eigenvalue weighted by molar-refractivity contribution is 5.94. The number of carboxylic acids is 1. The van der Waals surface area contributed by atoms with Crippen molar-refractivity contribution in [3.63, 3.8) is 0 Å². The molecule has 0 saturated carbocycles. The van der Waals surface area contributed by atoms with E-state index in [4.69, 9.17) is 0 Å². The van der Waals surface area contributed by atoms with E-state index in [0.717, 1.165) is 5.56 Å². The topological polar surface area (TPSA) is 52.3 Å². The first-order chi connectivity index (χ1) is 10.5. The van der Waals surface area contributed by atoms with Crippen LogP contribution in [0.25, 0.3) is 0 Å². The molecule has 4 nitrogen and oxygen atoms in total. The zero-order chi connectivity index (χ0) is 16.1. The number of benzene rings is 2. The van der Waals surface area contributed by atoms with Crippen molar-refractivity contribution in [2.24, 2.45) is 0 Å². The van der Waals surface area contributed by atoms with Gasteiger partial charge in [0.15, 0.2) is 7.05 Å². The average Bonchev–Trinajstić information content (AvgIpc) is 2.48. The minimum atomic E-state index is -0.946. The molecular weight excluding hydrogens is 276 g/mol. The Balaban J connectivity index is 2.18. The van der Waals surface area contributed by atoms with E-state index in [1.807, 2.05) is 13.3 Å². The lowest BCUT2D eigenvalue weighted by atomic mass is 10.0. The Labute approximate surface area is 130 Å². The summed E-state index contributed by atoms with van der Waals surface area (Å²) in [7, 11) is 1.84. The normalized spacial score (nSPS) is 11.5. The fourth-order valence-electron chi connectivity index (χ4n) is 2.18. The fraction of sp³-hybridized carbons (Fsp3) is 0.222. The Bertz CT molecular complexity index is 688. The van der Waals surface area contributed by atoms with E-state index in [-0.39, 0.29) is 5.56 Å². The van der Waals surface area contributed by atoms with Gasteiger partial charge in [-0.25, -0.2) is 4.79 Å². The van der Waals surface area contributed by atoms with Gasteiger partial charge in [0.2, 0.25) is 6.21 Å². The van der Waals surface area contributed by atoms with Crippen molar-refractivity contribution in [1.29, 1.82) is 0 Å². The second kappa shape index (κ2) is 6.89. The molecule has 0 heterocycles. The molecule has 22 heavy (non-hydrogen) atoms. The summed E-state index contributed by atoms with van der Waals surface area (Å²) in [6.07, 6.45) is 1.92. The third kappa shape index (κ3) is 3.95. The fourth-order valence-corrected chi connectivity index (χ4v) is 2.18. The summed E-state index contributed by atoms with van der Waals surface area (Å²) < 4.78 is 1.76. The molecule has 0 saturated heterocycles. The highest BCUT2D eigenvalue weighted by Gasteiger charge is 2.11. The molecule has 0 aliphatic heterocycles. The van der Waals surface area contributed by atoms with Crippen LogP contribution in [0.1, 0.15) is 41.3 Å². The number of para-hydroxylation sites is 1. The van der Waals surface area contributed by atoms with Crippen LogP contribution < -0.4 is 5.43 Å². The molecule has 0 aliphatic carbocycles. The standard InChI is InChI=1S/C18H20N2O2/c1-13(2)15-10-8-14(9-11-15)12-20(3)19-17-7-5-4-6-16(17)18(21)22/h4-13,19H,1-3H3/p+1/b20-12-. The maximum Gasteiger partial charge on any atom is 0.338 e. The average molecular weight is 297 g/mol. The smallest absolute Gasteiger partial charge is 0.338 e. The lowest BCUT2D eigenvalue weighted by Gasteiger charge is -2.06. The van der Waals surface area contributed by atoms with Crippen LogP contribution in [0.5, 0.6) is 0 Å². The number of rotatable bonds is 5. The van der Waals surface area contributed by atoms with Gasteiger partial charge >= 0.3 is 5.97 Å². The predicted octanol–water partition coefficient (Wildman–Crippen LogP) is 3.60. The Morgan fingerprint density at radius 2 is 1.77 bits per heavy atom. The first-order valence-corrected chi connectivity index (χ1v) is 7.24. The Hall–Kier alpha value is -2.62. The number of nitrogens with zero attached hydrogens (tertiary/aromatic N) is 1. The maximum atomic E-state index is 11.2. The van der Waals surface area contributed by atoms with Crippen molar-refractivity contribution >= 4 is 17.9 Å². The first kappa shape index (κ1) is 15.8. The number of carboxylic acid groups (broad SMARTS) is 1. The molecule has 2 aromatic carbocycles. The van der Waals surface area contributed by atoms with Crippen molar-refractivity contribution in [3.8, 4) is 0 Å². The van der Waals surface area contributed by atoms with Gasteiger partial charge in [0, 0.05) is 5.56 Å². The summed E-state index contributed by atoms with van der Waals surface area (Å²) in [6, 6.07) is 15.2. The summed E-state index contributed by atoms with van der Waals surface area (Å²) in [4.78, 5) is 11.2. The number of hydrazone groups is 1. The van der Waals surface area contributed by atoms with Crippen LogP contribution in [0.15, 0.2) is 48.5 Å². The summed E-state index contributed by atoms with van der Waals surface area (Å²) in [5, 5.41) is 9.18. The number of nitrogens with one attached hydrogen (secondary N) is 1. The summed E-state index contributed by atoms with van der Waals surface area (Å²) in [6.45, 7) is 4.32. The van der Waals surface area contributed by atoms with Gasteiger partial charge in [-0.05, 0) is 35.7 Å². The van der Waals surface area contributed by atoms with Crippen LogP contribution in [0, 0.1) is 0 Å². The Kier molecular flexibility index (Phi) is 4.94. The third-order valence-electron chi connectivity index (χ3n) is 3.40. The van der Waals surface area contributed by atoms with Crippen molar-refractivity contribution in [3.05, 3.63) is 65.2 Å². The molecule has 0 unspecified atom stereocenters. The molecule has 2 aromatic rings. The third-order valence-corrected chi connectivity index (χ3v) is 3.40. The number of hydrazine groups is 1. The molecule has 2 rings (SSSR count). The second-order valence-corrected chi connectivity index (χ2v) is 5.52. The highest BCUT2D eigenvalue weighted by atomic mass is 16.4. The van der Waals surface area contributed by atoms with Crippen molar-refractivity contribution < 1.29 is 14.6 Å². The quantitative estimate of drug-likeness (QED) is 0.504. The van der Waals surface area contributed by atoms with Crippen LogP contribution >= 0.6 is 0 Å². The highest BCUT2D eigenvalue weighted by Crippen LogP contribution is 2.15. The number of hydrogen-bond donors (Lipinski definition) is 2. The van der Waals surface area contributed by atoms with E-state index in [2.05, 4.69) is 43.5 Å². The second-order valence-electron chi connectivity index (χ2n) is 5.52. The lowest BCUT2D eigenvalue weighted by molar-refractivity contribution is -0.458. The van der Waals surface area contributed by atoms with Gasteiger partial charge in [-0.3, -0.25) is 0 Å². The monoisotopic (exact) mass is 297 g/mol. The van der Waals surface area contributed by atoms with Gasteiger partial charge in [0.25, 0.3) is 0 Å². The van der Waals surface area contributed by atoms with Crippen LogP contribution in [0.4, 0.5) is 5.69 Å². The molecular formula is C18H21N2O2+. The van der Waals surface area contributed by atoms with Gasteiger partial charge in [-0.15, -0.1) is 4.68 Å². The van der Waals surface area contributed by atoms with E-state index < -0.39 is 5.97 Å². The molecule has 0 atom stereocenters. The molecule has 0 spiro atoms.